The molecular weight excluding hydrogens is 284 g/mol. The lowest BCUT2D eigenvalue weighted by Crippen LogP contribution is -2.31. The van der Waals surface area contributed by atoms with Gasteiger partial charge in [0, 0.05) is 31.4 Å². The molecular formula is C19H26N4. The van der Waals surface area contributed by atoms with E-state index < -0.39 is 0 Å². The van der Waals surface area contributed by atoms with Gasteiger partial charge in [-0.15, -0.1) is 0 Å². The Labute approximate surface area is 139 Å². The molecule has 2 aromatic rings. The Hall–Kier alpha value is -2.10. The minimum Gasteiger partial charge on any atom is -0.354 e. The summed E-state index contributed by atoms with van der Waals surface area (Å²) >= 11 is 0. The zero-order chi connectivity index (χ0) is 16.1. The topological polar surface area (TPSA) is 41.1 Å². The Kier molecular flexibility index (Phi) is 5.11. The number of anilines is 2. The monoisotopic (exact) mass is 310 g/mol. The first-order chi connectivity index (χ1) is 11.3. The Morgan fingerprint density at radius 3 is 2.78 bits per heavy atom. The second-order valence-corrected chi connectivity index (χ2v) is 6.27. The van der Waals surface area contributed by atoms with Gasteiger partial charge in [0.15, 0.2) is 0 Å². The van der Waals surface area contributed by atoms with Crippen LogP contribution >= 0.6 is 0 Å². The van der Waals surface area contributed by atoms with Gasteiger partial charge in [0.05, 0.1) is 0 Å². The number of aromatic nitrogens is 2. The van der Waals surface area contributed by atoms with Crippen LogP contribution in [0.1, 0.15) is 43.0 Å². The number of hydrogen-bond donors (Lipinski definition) is 1. The first-order valence-electron chi connectivity index (χ1n) is 8.67. The summed E-state index contributed by atoms with van der Waals surface area (Å²) in [5.41, 5.74) is 3.90. The van der Waals surface area contributed by atoms with Crippen LogP contribution in [-0.2, 0) is 13.0 Å². The van der Waals surface area contributed by atoms with Crippen LogP contribution in [0.5, 0.6) is 0 Å². The quantitative estimate of drug-likeness (QED) is 0.820. The van der Waals surface area contributed by atoms with Gasteiger partial charge in [0.1, 0.15) is 5.82 Å². The summed E-state index contributed by atoms with van der Waals surface area (Å²) in [6.45, 7) is 7.15. The van der Waals surface area contributed by atoms with E-state index in [9.17, 15) is 0 Å². The molecule has 0 amide bonds. The highest BCUT2D eigenvalue weighted by Crippen LogP contribution is 2.24. The molecule has 0 atom stereocenters. The molecule has 0 unspecified atom stereocenters. The average molecular weight is 310 g/mol. The van der Waals surface area contributed by atoms with E-state index in [1.165, 1.54) is 30.4 Å². The van der Waals surface area contributed by atoms with Crippen LogP contribution in [0.3, 0.4) is 0 Å². The predicted molar refractivity (Wildman–Crippen MR) is 96.0 cm³/mol. The minimum absolute atomic E-state index is 0.759. The number of nitrogens with one attached hydrogen (secondary N) is 1. The van der Waals surface area contributed by atoms with E-state index in [4.69, 9.17) is 4.98 Å². The third-order valence-corrected chi connectivity index (χ3v) is 4.36. The molecule has 0 aliphatic carbocycles. The van der Waals surface area contributed by atoms with Gasteiger partial charge in [-0.3, -0.25) is 0 Å². The van der Waals surface area contributed by atoms with Crippen molar-refractivity contribution < 1.29 is 0 Å². The van der Waals surface area contributed by atoms with Gasteiger partial charge >= 0.3 is 0 Å². The fourth-order valence-corrected chi connectivity index (χ4v) is 3.06. The van der Waals surface area contributed by atoms with Crippen LogP contribution in [-0.4, -0.2) is 23.1 Å². The van der Waals surface area contributed by atoms with E-state index >= 15 is 0 Å². The van der Waals surface area contributed by atoms with Crippen molar-refractivity contribution in [2.45, 2.75) is 46.1 Å². The first kappa shape index (κ1) is 15.8. The van der Waals surface area contributed by atoms with E-state index in [0.29, 0.717) is 0 Å². The van der Waals surface area contributed by atoms with Crippen molar-refractivity contribution in [2.75, 3.05) is 23.3 Å². The van der Waals surface area contributed by atoms with Crippen LogP contribution in [0.25, 0.3) is 0 Å². The molecule has 4 nitrogen and oxygen atoms in total. The molecule has 1 aromatic heterocycles. The van der Waals surface area contributed by atoms with Crippen molar-refractivity contribution in [3.05, 3.63) is 47.2 Å². The SMILES string of the molecule is CCCCCNc1nc(C)cc(N2CCc3ccccc3C2)n1. The van der Waals surface area contributed by atoms with Crippen molar-refractivity contribution in [3.8, 4) is 0 Å². The van der Waals surface area contributed by atoms with Crippen molar-refractivity contribution in [1.82, 2.24) is 9.97 Å². The van der Waals surface area contributed by atoms with Crippen LogP contribution in [0, 0.1) is 6.92 Å². The molecule has 2 heterocycles. The zero-order valence-electron chi connectivity index (χ0n) is 14.2. The Bertz CT molecular complexity index is 654. The molecule has 1 aliphatic heterocycles. The smallest absolute Gasteiger partial charge is 0.224 e. The summed E-state index contributed by atoms with van der Waals surface area (Å²) in [7, 11) is 0. The molecule has 122 valence electrons. The maximum absolute atomic E-state index is 4.73. The molecule has 0 fully saturated rings. The summed E-state index contributed by atoms with van der Waals surface area (Å²) in [4.78, 5) is 11.6. The lowest BCUT2D eigenvalue weighted by atomic mass is 10.00. The van der Waals surface area contributed by atoms with E-state index in [2.05, 4.69) is 52.5 Å². The summed E-state index contributed by atoms with van der Waals surface area (Å²) < 4.78 is 0. The van der Waals surface area contributed by atoms with Crippen molar-refractivity contribution in [2.24, 2.45) is 0 Å². The molecule has 0 radical (unpaired) electrons. The molecule has 0 bridgehead atoms. The first-order valence-corrected chi connectivity index (χ1v) is 8.67. The Morgan fingerprint density at radius 2 is 1.96 bits per heavy atom. The molecule has 4 heteroatoms. The number of hydrogen-bond acceptors (Lipinski definition) is 4. The highest BCUT2D eigenvalue weighted by atomic mass is 15.2. The van der Waals surface area contributed by atoms with Crippen LogP contribution in [0.4, 0.5) is 11.8 Å². The van der Waals surface area contributed by atoms with Crippen LogP contribution < -0.4 is 10.2 Å². The summed E-state index contributed by atoms with van der Waals surface area (Å²) in [6, 6.07) is 10.8. The van der Waals surface area contributed by atoms with E-state index in [1.54, 1.807) is 0 Å². The van der Waals surface area contributed by atoms with Crippen LogP contribution in [0.2, 0.25) is 0 Å². The zero-order valence-corrected chi connectivity index (χ0v) is 14.2. The molecule has 1 N–H and O–H groups in total. The average Bonchev–Trinajstić information content (AvgIpc) is 2.58. The van der Waals surface area contributed by atoms with Gasteiger partial charge < -0.3 is 10.2 Å². The number of nitrogens with zero attached hydrogens (tertiary/aromatic N) is 3. The summed E-state index contributed by atoms with van der Waals surface area (Å²) in [5.74, 6) is 1.79. The number of rotatable bonds is 6. The van der Waals surface area contributed by atoms with E-state index in [-0.39, 0.29) is 0 Å². The normalized spacial score (nSPS) is 13.7. The number of fused-ring (bicyclic) bond motifs is 1. The fourth-order valence-electron chi connectivity index (χ4n) is 3.06. The van der Waals surface area contributed by atoms with Gasteiger partial charge in [-0.25, -0.2) is 4.98 Å². The second kappa shape index (κ2) is 7.44. The third-order valence-electron chi connectivity index (χ3n) is 4.36. The van der Waals surface area contributed by atoms with Crippen molar-refractivity contribution in [3.63, 3.8) is 0 Å². The standard InChI is InChI=1S/C19H26N4/c1-3-4-7-11-20-19-21-15(2)13-18(22-19)23-12-10-16-8-5-6-9-17(16)14-23/h5-6,8-9,13H,3-4,7,10-12,14H2,1-2H3,(H,20,21,22). The van der Waals surface area contributed by atoms with E-state index in [0.717, 1.165) is 43.5 Å². The highest BCUT2D eigenvalue weighted by Gasteiger charge is 2.17. The summed E-state index contributed by atoms with van der Waals surface area (Å²) in [5, 5.41) is 3.37. The molecule has 23 heavy (non-hydrogen) atoms. The lowest BCUT2D eigenvalue weighted by molar-refractivity contribution is 0.716. The third kappa shape index (κ3) is 4.01. The molecule has 0 saturated carbocycles. The predicted octanol–water partition coefficient (Wildman–Crippen LogP) is 3.95. The maximum atomic E-state index is 4.73. The molecule has 0 spiro atoms. The van der Waals surface area contributed by atoms with Gasteiger partial charge in [0.2, 0.25) is 5.95 Å². The Balaban J connectivity index is 1.71. The van der Waals surface area contributed by atoms with Gasteiger partial charge in [-0.05, 0) is 30.9 Å². The highest BCUT2D eigenvalue weighted by molar-refractivity contribution is 5.48. The second-order valence-electron chi connectivity index (χ2n) is 6.27. The largest absolute Gasteiger partial charge is 0.354 e. The van der Waals surface area contributed by atoms with Crippen LogP contribution in [0.15, 0.2) is 30.3 Å². The van der Waals surface area contributed by atoms with Gasteiger partial charge in [-0.2, -0.15) is 4.98 Å². The lowest BCUT2D eigenvalue weighted by Gasteiger charge is -2.30. The van der Waals surface area contributed by atoms with Crippen molar-refractivity contribution >= 4 is 11.8 Å². The number of benzene rings is 1. The molecule has 1 aliphatic rings. The Morgan fingerprint density at radius 1 is 1.13 bits per heavy atom. The maximum Gasteiger partial charge on any atom is 0.224 e. The van der Waals surface area contributed by atoms with Crippen molar-refractivity contribution in [1.29, 1.82) is 0 Å². The number of aryl methyl sites for hydroxylation is 1. The molecule has 3 rings (SSSR count). The number of unbranched alkanes of at least 4 members (excludes halogenated alkanes) is 2. The van der Waals surface area contributed by atoms with Gasteiger partial charge in [-0.1, -0.05) is 44.0 Å². The minimum atomic E-state index is 0.759. The van der Waals surface area contributed by atoms with E-state index in [1.807, 2.05) is 6.92 Å². The summed E-state index contributed by atoms with van der Waals surface area (Å²) in [6.07, 6.45) is 4.72. The molecule has 1 aromatic carbocycles. The molecule has 0 saturated heterocycles. The van der Waals surface area contributed by atoms with Gasteiger partial charge in [0.25, 0.3) is 0 Å². The fraction of sp³-hybridized carbons (Fsp3) is 0.474.